The van der Waals surface area contributed by atoms with Crippen molar-refractivity contribution in [3.63, 3.8) is 0 Å². The van der Waals surface area contributed by atoms with Crippen LogP contribution in [0.5, 0.6) is 0 Å². The number of β-amino-alcohol motifs (C(OH)–C–C–N with tert-alkyl or cyclic N) is 1. The van der Waals surface area contributed by atoms with Gasteiger partial charge in [0.1, 0.15) is 6.26 Å². The fourth-order valence-electron chi connectivity index (χ4n) is 3.96. The first-order valence-corrected chi connectivity index (χ1v) is 10.5. The van der Waals surface area contributed by atoms with E-state index in [1.54, 1.807) is 0 Å². The molecule has 0 radical (unpaired) electrons. The number of piperazine rings is 1. The molecule has 1 amide bonds. The number of nitrogens with zero attached hydrogens (tertiary/aromatic N) is 3. The fraction of sp³-hybridized carbons (Fsp3) is 0.800. The topological polar surface area (TPSA) is 81.8 Å². The number of nitrogens with one attached hydrogen (secondary N) is 1. The second-order valence-corrected chi connectivity index (χ2v) is 7.98. The largest absolute Gasteiger partial charge is 0.447 e. The van der Waals surface area contributed by atoms with E-state index in [9.17, 15) is 9.90 Å². The molecule has 2 aliphatic rings. The van der Waals surface area contributed by atoms with E-state index in [-0.39, 0.29) is 12.0 Å². The van der Waals surface area contributed by atoms with Crippen LogP contribution < -0.4 is 5.32 Å². The lowest BCUT2D eigenvalue weighted by Gasteiger charge is -2.34. The molecule has 152 valence electrons. The van der Waals surface area contributed by atoms with Crippen molar-refractivity contribution in [3.8, 4) is 0 Å². The van der Waals surface area contributed by atoms with Crippen LogP contribution in [-0.2, 0) is 6.54 Å². The van der Waals surface area contributed by atoms with Gasteiger partial charge in [0.25, 0.3) is 5.91 Å². The summed E-state index contributed by atoms with van der Waals surface area (Å²) in [4.78, 5) is 21.2. The van der Waals surface area contributed by atoms with E-state index in [0.29, 0.717) is 24.0 Å². The minimum atomic E-state index is -0.238. The van der Waals surface area contributed by atoms with Crippen molar-refractivity contribution in [2.24, 2.45) is 5.92 Å². The lowest BCUT2D eigenvalue weighted by Crippen LogP contribution is -2.48. The molecule has 1 aliphatic heterocycles. The molecule has 0 unspecified atom stereocenters. The summed E-state index contributed by atoms with van der Waals surface area (Å²) in [5.74, 6) is 1.07. The summed E-state index contributed by atoms with van der Waals surface area (Å²) >= 11 is 0. The Hall–Kier alpha value is -1.44. The minimum absolute atomic E-state index is 0.131. The molecule has 7 nitrogen and oxygen atoms in total. The number of aromatic nitrogens is 1. The molecule has 0 aromatic carbocycles. The van der Waals surface area contributed by atoms with Crippen molar-refractivity contribution >= 4 is 5.91 Å². The molecule has 0 bridgehead atoms. The summed E-state index contributed by atoms with van der Waals surface area (Å²) in [6.45, 7) is 7.83. The standard InChI is InChI=1S/C20H34N4O3/c1-2-17(25)13-23-8-10-24(11-9-23)14-19-22-18(15-27-19)20(26)21-12-16-6-4-3-5-7-16/h15-17,25H,2-14H2,1H3,(H,21,26)/t17-/m0/s1. The number of hydrogen-bond acceptors (Lipinski definition) is 6. The van der Waals surface area contributed by atoms with E-state index in [0.717, 1.165) is 45.7 Å². The number of oxazole rings is 1. The molecule has 27 heavy (non-hydrogen) atoms. The maximum atomic E-state index is 12.3. The summed E-state index contributed by atoms with van der Waals surface area (Å²) < 4.78 is 5.52. The molecule has 1 saturated carbocycles. The van der Waals surface area contributed by atoms with Gasteiger partial charge in [0.2, 0.25) is 5.89 Å². The molecule has 3 rings (SSSR count). The zero-order chi connectivity index (χ0) is 19.1. The molecule has 1 saturated heterocycles. The van der Waals surface area contributed by atoms with Crippen LogP contribution in [0.2, 0.25) is 0 Å². The Morgan fingerprint density at radius 1 is 1.26 bits per heavy atom. The van der Waals surface area contributed by atoms with E-state index in [1.807, 2.05) is 6.92 Å². The summed E-state index contributed by atoms with van der Waals surface area (Å²) in [6, 6.07) is 0. The number of aliphatic hydroxyl groups excluding tert-OH is 1. The van der Waals surface area contributed by atoms with E-state index >= 15 is 0 Å². The third-order valence-corrected chi connectivity index (χ3v) is 5.82. The number of carbonyl (C=O) groups excluding carboxylic acids is 1. The van der Waals surface area contributed by atoms with Gasteiger partial charge in [-0.3, -0.25) is 14.6 Å². The van der Waals surface area contributed by atoms with Crippen LogP contribution in [0.25, 0.3) is 0 Å². The van der Waals surface area contributed by atoms with Crippen LogP contribution in [0.1, 0.15) is 61.8 Å². The Kier molecular flexibility index (Phi) is 7.67. The van der Waals surface area contributed by atoms with Crippen LogP contribution in [0, 0.1) is 5.92 Å². The van der Waals surface area contributed by atoms with Gasteiger partial charge in [-0.15, -0.1) is 0 Å². The molecule has 1 atom stereocenters. The average Bonchev–Trinajstić information content (AvgIpc) is 3.17. The predicted molar refractivity (Wildman–Crippen MR) is 103 cm³/mol. The van der Waals surface area contributed by atoms with Gasteiger partial charge in [-0.1, -0.05) is 26.2 Å². The smallest absolute Gasteiger partial charge is 0.273 e. The van der Waals surface area contributed by atoms with Crippen molar-refractivity contribution in [3.05, 3.63) is 17.8 Å². The van der Waals surface area contributed by atoms with Gasteiger partial charge in [0, 0.05) is 39.3 Å². The molecule has 2 fully saturated rings. The van der Waals surface area contributed by atoms with Crippen LogP contribution in [-0.4, -0.2) is 71.2 Å². The second-order valence-electron chi connectivity index (χ2n) is 7.98. The third-order valence-electron chi connectivity index (χ3n) is 5.82. The minimum Gasteiger partial charge on any atom is -0.447 e. The molecular weight excluding hydrogens is 344 g/mol. The number of hydrogen-bond donors (Lipinski definition) is 2. The maximum absolute atomic E-state index is 12.3. The fourth-order valence-corrected chi connectivity index (χ4v) is 3.96. The van der Waals surface area contributed by atoms with E-state index < -0.39 is 0 Å². The molecule has 1 aromatic heterocycles. The molecule has 2 heterocycles. The lowest BCUT2D eigenvalue weighted by molar-refractivity contribution is 0.0658. The van der Waals surface area contributed by atoms with E-state index in [1.165, 1.54) is 38.4 Å². The van der Waals surface area contributed by atoms with E-state index in [2.05, 4.69) is 20.1 Å². The highest BCUT2D eigenvalue weighted by Gasteiger charge is 2.21. The SMILES string of the molecule is CC[C@H](O)CN1CCN(Cc2nc(C(=O)NCC3CCCCC3)co2)CC1. The Bertz CT molecular complexity index is 578. The zero-order valence-corrected chi connectivity index (χ0v) is 16.5. The Morgan fingerprint density at radius 2 is 1.96 bits per heavy atom. The van der Waals surface area contributed by atoms with Crippen molar-refractivity contribution < 1.29 is 14.3 Å². The summed E-state index contributed by atoms with van der Waals surface area (Å²) in [6.07, 6.45) is 8.33. The molecule has 2 N–H and O–H groups in total. The van der Waals surface area contributed by atoms with Gasteiger partial charge < -0.3 is 14.8 Å². The van der Waals surface area contributed by atoms with Gasteiger partial charge >= 0.3 is 0 Å². The highest BCUT2D eigenvalue weighted by molar-refractivity contribution is 5.91. The Balaban J connectivity index is 1.39. The van der Waals surface area contributed by atoms with Gasteiger partial charge in [-0.05, 0) is 25.2 Å². The quantitative estimate of drug-likeness (QED) is 0.719. The normalized spacial score (nSPS) is 21.3. The first-order valence-electron chi connectivity index (χ1n) is 10.5. The van der Waals surface area contributed by atoms with Gasteiger partial charge in [-0.25, -0.2) is 4.98 Å². The van der Waals surface area contributed by atoms with Crippen LogP contribution in [0.3, 0.4) is 0 Å². The molecule has 0 spiro atoms. The number of rotatable bonds is 8. The Labute approximate surface area is 162 Å². The number of aliphatic hydroxyl groups is 1. The maximum Gasteiger partial charge on any atom is 0.273 e. The van der Waals surface area contributed by atoms with Crippen molar-refractivity contribution in [2.75, 3.05) is 39.3 Å². The average molecular weight is 379 g/mol. The number of amides is 1. The van der Waals surface area contributed by atoms with Crippen molar-refractivity contribution in [1.82, 2.24) is 20.1 Å². The van der Waals surface area contributed by atoms with Gasteiger partial charge in [0.15, 0.2) is 5.69 Å². The third kappa shape index (κ3) is 6.30. The van der Waals surface area contributed by atoms with Crippen molar-refractivity contribution in [1.29, 1.82) is 0 Å². The van der Waals surface area contributed by atoms with Crippen LogP contribution in [0.4, 0.5) is 0 Å². The van der Waals surface area contributed by atoms with Crippen LogP contribution in [0.15, 0.2) is 10.7 Å². The van der Waals surface area contributed by atoms with Crippen molar-refractivity contribution in [2.45, 2.75) is 58.1 Å². The van der Waals surface area contributed by atoms with Gasteiger partial charge in [0.05, 0.1) is 12.6 Å². The first kappa shape index (κ1) is 20.3. The molecule has 1 aromatic rings. The summed E-state index contributed by atoms with van der Waals surface area (Å²) in [7, 11) is 0. The van der Waals surface area contributed by atoms with Gasteiger partial charge in [-0.2, -0.15) is 0 Å². The monoisotopic (exact) mass is 378 g/mol. The number of carbonyl (C=O) groups is 1. The van der Waals surface area contributed by atoms with E-state index in [4.69, 9.17) is 4.42 Å². The highest BCUT2D eigenvalue weighted by atomic mass is 16.3. The lowest BCUT2D eigenvalue weighted by atomic mass is 9.89. The first-order chi connectivity index (χ1) is 13.1. The molecule has 7 heteroatoms. The predicted octanol–water partition coefficient (Wildman–Crippen LogP) is 1.87. The Morgan fingerprint density at radius 3 is 2.67 bits per heavy atom. The van der Waals surface area contributed by atoms with Crippen LogP contribution >= 0.6 is 0 Å². The second kappa shape index (κ2) is 10.2. The highest BCUT2D eigenvalue weighted by Crippen LogP contribution is 2.22. The summed E-state index contributed by atoms with van der Waals surface area (Å²) in [5.41, 5.74) is 0.380. The summed E-state index contributed by atoms with van der Waals surface area (Å²) in [5, 5.41) is 12.8. The molecule has 1 aliphatic carbocycles. The zero-order valence-electron chi connectivity index (χ0n) is 16.5. The molecular formula is C20H34N4O3.